The van der Waals surface area contributed by atoms with Crippen LogP contribution in [0, 0.1) is 0 Å². The van der Waals surface area contributed by atoms with Crippen LogP contribution in [0.5, 0.6) is 0 Å². The molecule has 1 unspecified atom stereocenters. The molecule has 0 aromatic heterocycles. The minimum absolute atomic E-state index is 0.105. The fraction of sp³-hybridized carbons (Fsp3) is 0.700. The zero-order chi connectivity index (χ0) is 12.3. The van der Waals surface area contributed by atoms with Crippen LogP contribution in [-0.2, 0) is 14.3 Å². The highest BCUT2D eigenvalue weighted by Crippen LogP contribution is 2.08. The largest absolute Gasteiger partial charge is 0.373 e. The molecular weight excluding hydrogens is 224 g/mol. The molecule has 1 fully saturated rings. The van der Waals surface area contributed by atoms with Crippen molar-refractivity contribution < 1.29 is 14.3 Å². The first-order valence-electron chi connectivity index (χ1n) is 5.67. The first-order valence-corrected chi connectivity index (χ1v) is 5.67. The lowest BCUT2D eigenvalue weighted by Crippen LogP contribution is -2.50. The summed E-state index contributed by atoms with van der Waals surface area (Å²) in [5.74, 6) is -0.282. The smallest absolute Gasteiger partial charge is 0.270 e. The highest BCUT2D eigenvalue weighted by molar-refractivity contribution is 6.39. The van der Waals surface area contributed by atoms with E-state index in [1.165, 1.54) is 0 Å². The summed E-state index contributed by atoms with van der Waals surface area (Å²) in [5.41, 5.74) is 8.24. The number of amides is 2. The summed E-state index contributed by atoms with van der Waals surface area (Å²) in [5, 5.41) is 3.79. The lowest BCUT2D eigenvalue weighted by molar-refractivity contribution is -0.131. The Bertz CT molecular complexity index is 355. The molecule has 0 spiro atoms. The SMILES string of the molecule is NCC1CN(C(=O)C2=NNC(=O)CC2)CCO1. The number of carbonyl (C=O) groups excluding carboxylic acids is 2. The lowest BCUT2D eigenvalue weighted by Gasteiger charge is -2.32. The van der Waals surface area contributed by atoms with Crippen LogP contribution in [-0.4, -0.2) is 54.8 Å². The minimum atomic E-state index is -0.150. The average molecular weight is 240 g/mol. The van der Waals surface area contributed by atoms with Gasteiger partial charge in [0.15, 0.2) is 0 Å². The molecule has 2 heterocycles. The average Bonchev–Trinajstić information content (AvgIpc) is 2.39. The second-order valence-corrected chi connectivity index (χ2v) is 4.07. The van der Waals surface area contributed by atoms with Crippen LogP contribution in [0.25, 0.3) is 0 Å². The predicted molar refractivity (Wildman–Crippen MR) is 60.2 cm³/mol. The topological polar surface area (TPSA) is 97.0 Å². The summed E-state index contributed by atoms with van der Waals surface area (Å²) in [7, 11) is 0. The van der Waals surface area contributed by atoms with E-state index in [9.17, 15) is 9.59 Å². The molecule has 2 rings (SSSR count). The van der Waals surface area contributed by atoms with Gasteiger partial charge in [-0.2, -0.15) is 5.10 Å². The van der Waals surface area contributed by atoms with Crippen LogP contribution in [0.3, 0.4) is 0 Å². The molecule has 0 saturated carbocycles. The Balaban J connectivity index is 1.97. The third-order valence-electron chi connectivity index (χ3n) is 2.84. The van der Waals surface area contributed by atoms with Crippen LogP contribution in [0.2, 0.25) is 0 Å². The zero-order valence-electron chi connectivity index (χ0n) is 9.52. The fourth-order valence-electron chi connectivity index (χ4n) is 1.86. The van der Waals surface area contributed by atoms with E-state index in [2.05, 4.69) is 10.5 Å². The van der Waals surface area contributed by atoms with Crippen molar-refractivity contribution in [2.24, 2.45) is 10.8 Å². The van der Waals surface area contributed by atoms with E-state index in [0.29, 0.717) is 44.8 Å². The summed E-state index contributed by atoms with van der Waals surface area (Å²) in [6.45, 7) is 1.92. The number of carbonyl (C=O) groups is 2. The van der Waals surface area contributed by atoms with Crippen molar-refractivity contribution in [1.29, 1.82) is 0 Å². The molecule has 94 valence electrons. The predicted octanol–water partition coefficient (Wildman–Crippen LogP) is -1.56. The normalized spacial score (nSPS) is 25.2. The summed E-state index contributed by atoms with van der Waals surface area (Å²) in [4.78, 5) is 24.7. The van der Waals surface area contributed by atoms with E-state index in [1.807, 2.05) is 0 Å². The third kappa shape index (κ3) is 2.80. The summed E-state index contributed by atoms with van der Waals surface area (Å²) >= 11 is 0. The number of ether oxygens (including phenoxy) is 1. The molecule has 0 bridgehead atoms. The molecule has 0 radical (unpaired) electrons. The van der Waals surface area contributed by atoms with Crippen molar-refractivity contribution >= 4 is 17.5 Å². The van der Waals surface area contributed by atoms with Crippen molar-refractivity contribution in [3.8, 4) is 0 Å². The molecule has 7 nitrogen and oxygen atoms in total. The Kier molecular flexibility index (Phi) is 3.70. The maximum Gasteiger partial charge on any atom is 0.270 e. The molecular formula is C10H16N4O3. The van der Waals surface area contributed by atoms with Gasteiger partial charge in [0.1, 0.15) is 5.71 Å². The van der Waals surface area contributed by atoms with Crippen molar-refractivity contribution in [2.45, 2.75) is 18.9 Å². The van der Waals surface area contributed by atoms with Crippen molar-refractivity contribution in [3.63, 3.8) is 0 Å². The molecule has 1 saturated heterocycles. The second-order valence-electron chi connectivity index (χ2n) is 4.07. The molecule has 2 aliphatic rings. The summed E-state index contributed by atoms with van der Waals surface area (Å²) in [6, 6.07) is 0. The van der Waals surface area contributed by atoms with E-state index in [-0.39, 0.29) is 17.9 Å². The number of hydrazone groups is 1. The number of rotatable bonds is 2. The molecule has 17 heavy (non-hydrogen) atoms. The van der Waals surface area contributed by atoms with Gasteiger partial charge in [-0.15, -0.1) is 0 Å². The minimum Gasteiger partial charge on any atom is -0.373 e. The molecule has 0 aromatic rings. The van der Waals surface area contributed by atoms with Gasteiger partial charge in [0.05, 0.1) is 12.7 Å². The number of nitrogens with zero attached hydrogens (tertiary/aromatic N) is 2. The maximum atomic E-state index is 12.1. The number of hydrogen-bond acceptors (Lipinski definition) is 5. The highest BCUT2D eigenvalue weighted by atomic mass is 16.5. The van der Waals surface area contributed by atoms with E-state index in [4.69, 9.17) is 10.5 Å². The number of hydrogen-bond donors (Lipinski definition) is 2. The Labute approximate surface area is 99.0 Å². The quantitative estimate of drug-likeness (QED) is 0.610. The monoisotopic (exact) mass is 240 g/mol. The highest BCUT2D eigenvalue weighted by Gasteiger charge is 2.28. The van der Waals surface area contributed by atoms with Crippen LogP contribution in [0.1, 0.15) is 12.8 Å². The van der Waals surface area contributed by atoms with E-state index in [1.54, 1.807) is 4.90 Å². The summed E-state index contributed by atoms with van der Waals surface area (Å²) < 4.78 is 5.38. The third-order valence-corrected chi connectivity index (χ3v) is 2.84. The second kappa shape index (κ2) is 5.24. The molecule has 3 N–H and O–H groups in total. The zero-order valence-corrected chi connectivity index (χ0v) is 9.52. The van der Waals surface area contributed by atoms with Crippen molar-refractivity contribution in [2.75, 3.05) is 26.2 Å². The van der Waals surface area contributed by atoms with Gasteiger partial charge in [-0.1, -0.05) is 0 Å². The van der Waals surface area contributed by atoms with Crippen LogP contribution < -0.4 is 11.2 Å². The summed E-state index contributed by atoms with van der Waals surface area (Å²) in [6.07, 6.45) is 0.608. The van der Waals surface area contributed by atoms with Gasteiger partial charge >= 0.3 is 0 Å². The molecule has 7 heteroatoms. The number of morpholine rings is 1. The Morgan fingerprint density at radius 1 is 1.59 bits per heavy atom. The van der Waals surface area contributed by atoms with E-state index < -0.39 is 0 Å². The molecule has 2 amide bonds. The first kappa shape index (κ1) is 12.0. The van der Waals surface area contributed by atoms with Crippen LogP contribution >= 0.6 is 0 Å². The molecule has 2 aliphatic heterocycles. The van der Waals surface area contributed by atoms with Gasteiger partial charge in [-0.05, 0) is 0 Å². The maximum absolute atomic E-state index is 12.1. The van der Waals surface area contributed by atoms with Crippen LogP contribution in [0.4, 0.5) is 0 Å². The number of nitrogens with two attached hydrogens (primary N) is 1. The van der Waals surface area contributed by atoms with Gasteiger partial charge in [0.2, 0.25) is 5.91 Å². The van der Waals surface area contributed by atoms with E-state index >= 15 is 0 Å². The van der Waals surface area contributed by atoms with Crippen molar-refractivity contribution in [1.82, 2.24) is 10.3 Å². The molecule has 0 aliphatic carbocycles. The van der Waals surface area contributed by atoms with Gasteiger partial charge in [-0.3, -0.25) is 9.59 Å². The van der Waals surface area contributed by atoms with Gasteiger partial charge in [0.25, 0.3) is 5.91 Å². The standard InChI is InChI=1S/C10H16N4O3/c11-5-7-6-14(3-4-17-7)10(16)8-1-2-9(15)13-12-8/h7H,1-6,11H2,(H,13,15). The first-order chi connectivity index (χ1) is 8.20. The van der Waals surface area contributed by atoms with Crippen LogP contribution in [0.15, 0.2) is 5.10 Å². The van der Waals surface area contributed by atoms with E-state index in [0.717, 1.165) is 0 Å². The number of nitrogens with one attached hydrogen (secondary N) is 1. The Hall–Kier alpha value is -1.47. The molecule has 0 aromatic carbocycles. The van der Waals surface area contributed by atoms with Gasteiger partial charge in [0, 0.05) is 32.5 Å². The molecule has 1 atom stereocenters. The van der Waals surface area contributed by atoms with Gasteiger partial charge in [-0.25, -0.2) is 5.43 Å². The lowest BCUT2D eigenvalue weighted by atomic mass is 10.1. The fourth-order valence-corrected chi connectivity index (χ4v) is 1.86. The Morgan fingerprint density at radius 2 is 2.41 bits per heavy atom. The van der Waals surface area contributed by atoms with Crippen molar-refractivity contribution in [3.05, 3.63) is 0 Å². The Morgan fingerprint density at radius 3 is 3.06 bits per heavy atom. The van der Waals surface area contributed by atoms with Gasteiger partial charge < -0.3 is 15.4 Å².